The van der Waals surface area contributed by atoms with Crippen LogP contribution in [0.15, 0.2) is 96.1 Å². The Labute approximate surface area is 226 Å². The van der Waals surface area contributed by atoms with E-state index in [0.29, 0.717) is 33.3 Å². The lowest BCUT2D eigenvalue weighted by Gasteiger charge is -2.25. The molecule has 4 aromatic rings. The minimum absolute atomic E-state index is 0.186. The van der Waals surface area contributed by atoms with Gasteiger partial charge in [-0.2, -0.15) is 18.3 Å². The summed E-state index contributed by atoms with van der Waals surface area (Å²) in [6, 6.07) is 22.8. The van der Waals surface area contributed by atoms with Crippen molar-refractivity contribution in [1.29, 1.82) is 0 Å². The quantitative estimate of drug-likeness (QED) is 0.220. The van der Waals surface area contributed by atoms with Crippen molar-refractivity contribution in [2.24, 2.45) is 5.10 Å². The second-order valence-electron chi connectivity index (χ2n) is 8.74. The molecule has 1 unspecified atom stereocenters. The van der Waals surface area contributed by atoms with Crippen LogP contribution in [0.5, 0.6) is 5.75 Å². The van der Waals surface area contributed by atoms with Crippen molar-refractivity contribution >= 4 is 34.6 Å². The molecule has 0 spiro atoms. The molecular weight excluding hydrogens is 539 g/mol. The van der Waals surface area contributed by atoms with E-state index in [2.05, 4.69) is 0 Å². The standard InChI is InChI=1S/C29H20Cl2F4N2O/c30-21-9-11-26(24(31)14-21)37-27(19-7-4-8-20(13-19)29(33,34)35)16-25(36-37)23-15-22(32)10-12-28(23)38-17-18-5-2-1-3-6-18/h1-15,27H,16-17H2. The average molecular weight is 559 g/mol. The van der Waals surface area contributed by atoms with Crippen molar-refractivity contribution in [3.05, 3.63) is 129 Å². The fourth-order valence-corrected chi connectivity index (χ4v) is 4.83. The summed E-state index contributed by atoms with van der Waals surface area (Å²) in [5.41, 5.74) is 1.84. The van der Waals surface area contributed by atoms with Crippen molar-refractivity contribution in [3.63, 3.8) is 0 Å². The Bertz CT molecular complexity index is 1490. The van der Waals surface area contributed by atoms with Crippen molar-refractivity contribution in [2.45, 2.75) is 25.2 Å². The number of hydrogen-bond donors (Lipinski definition) is 0. The first-order valence-corrected chi connectivity index (χ1v) is 12.4. The number of nitrogens with zero attached hydrogens (tertiary/aromatic N) is 2. The van der Waals surface area contributed by atoms with Gasteiger partial charge in [0.25, 0.3) is 0 Å². The molecule has 1 aliphatic rings. The monoisotopic (exact) mass is 558 g/mol. The molecule has 4 aromatic carbocycles. The zero-order valence-corrected chi connectivity index (χ0v) is 21.2. The van der Waals surface area contributed by atoms with Gasteiger partial charge in [-0.15, -0.1) is 0 Å². The second-order valence-corrected chi connectivity index (χ2v) is 9.59. The zero-order chi connectivity index (χ0) is 26.9. The van der Waals surface area contributed by atoms with Crippen LogP contribution >= 0.6 is 23.2 Å². The lowest BCUT2D eigenvalue weighted by Crippen LogP contribution is -2.19. The van der Waals surface area contributed by atoms with Gasteiger partial charge in [-0.05, 0) is 59.7 Å². The van der Waals surface area contributed by atoms with Crippen molar-refractivity contribution < 1.29 is 22.3 Å². The molecule has 9 heteroatoms. The Balaban J connectivity index is 1.56. The summed E-state index contributed by atoms with van der Waals surface area (Å²) in [5.74, 6) is -0.0887. The maximum absolute atomic E-state index is 14.4. The Morgan fingerprint density at radius 1 is 0.895 bits per heavy atom. The molecule has 0 N–H and O–H groups in total. The van der Waals surface area contributed by atoms with Gasteiger partial charge in [0.15, 0.2) is 0 Å². The summed E-state index contributed by atoms with van der Waals surface area (Å²) in [4.78, 5) is 0. The highest BCUT2D eigenvalue weighted by molar-refractivity contribution is 6.36. The molecule has 0 bridgehead atoms. The normalized spacial score (nSPS) is 15.5. The van der Waals surface area contributed by atoms with E-state index in [-0.39, 0.29) is 18.1 Å². The van der Waals surface area contributed by atoms with Gasteiger partial charge >= 0.3 is 6.18 Å². The third-order valence-electron chi connectivity index (χ3n) is 6.16. The second kappa shape index (κ2) is 10.7. The van der Waals surface area contributed by atoms with Gasteiger partial charge in [-0.1, -0.05) is 65.7 Å². The van der Waals surface area contributed by atoms with E-state index in [1.54, 1.807) is 23.2 Å². The Morgan fingerprint density at radius 2 is 1.68 bits per heavy atom. The molecule has 0 saturated heterocycles. The number of anilines is 1. The van der Waals surface area contributed by atoms with Crippen LogP contribution in [0.4, 0.5) is 23.2 Å². The fraction of sp³-hybridized carbons (Fsp3) is 0.138. The van der Waals surface area contributed by atoms with Gasteiger partial charge < -0.3 is 4.74 Å². The molecule has 38 heavy (non-hydrogen) atoms. The summed E-state index contributed by atoms with van der Waals surface area (Å²) >= 11 is 12.5. The van der Waals surface area contributed by atoms with E-state index in [1.807, 2.05) is 30.3 Å². The molecule has 0 amide bonds. The largest absolute Gasteiger partial charge is 0.488 e. The highest BCUT2D eigenvalue weighted by atomic mass is 35.5. The highest BCUT2D eigenvalue weighted by Gasteiger charge is 2.35. The first-order chi connectivity index (χ1) is 18.2. The predicted molar refractivity (Wildman–Crippen MR) is 141 cm³/mol. The minimum Gasteiger partial charge on any atom is -0.488 e. The third-order valence-corrected chi connectivity index (χ3v) is 6.69. The molecular formula is C29H20Cl2F4N2O. The lowest BCUT2D eigenvalue weighted by atomic mass is 9.96. The van der Waals surface area contributed by atoms with Crippen LogP contribution in [0.25, 0.3) is 0 Å². The zero-order valence-electron chi connectivity index (χ0n) is 19.7. The highest BCUT2D eigenvalue weighted by Crippen LogP contribution is 2.43. The van der Waals surface area contributed by atoms with E-state index >= 15 is 0 Å². The molecule has 0 fully saturated rings. The topological polar surface area (TPSA) is 24.8 Å². The van der Waals surface area contributed by atoms with Gasteiger partial charge in [0, 0.05) is 17.0 Å². The maximum Gasteiger partial charge on any atom is 0.416 e. The first-order valence-electron chi connectivity index (χ1n) is 11.6. The average Bonchev–Trinajstić information content (AvgIpc) is 3.33. The summed E-state index contributed by atoms with van der Waals surface area (Å²) in [6.07, 6.45) is -4.33. The number of halogens is 6. The van der Waals surface area contributed by atoms with E-state index in [9.17, 15) is 17.6 Å². The Kier molecular flexibility index (Phi) is 7.32. The first kappa shape index (κ1) is 26.1. The summed E-state index contributed by atoms with van der Waals surface area (Å²) < 4.78 is 61.0. The molecule has 0 aliphatic carbocycles. The number of alkyl halides is 3. The van der Waals surface area contributed by atoms with Crippen LogP contribution in [0.1, 0.15) is 34.7 Å². The smallest absolute Gasteiger partial charge is 0.416 e. The maximum atomic E-state index is 14.4. The van der Waals surface area contributed by atoms with Gasteiger partial charge in [-0.3, -0.25) is 5.01 Å². The molecule has 0 radical (unpaired) electrons. The van der Waals surface area contributed by atoms with E-state index in [0.717, 1.165) is 17.7 Å². The molecule has 3 nitrogen and oxygen atoms in total. The Hall–Kier alpha value is -3.55. The minimum atomic E-state index is -4.51. The Morgan fingerprint density at radius 3 is 2.42 bits per heavy atom. The van der Waals surface area contributed by atoms with Crippen molar-refractivity contribution in [2.75, 3.05) is 5.01 Å². The summed E-state index contributed by atoms with van der Waals surface area (Å²) in [7, 11) is 0. The van der Waals surface area contributed by atoms with Crippen LogP contribution in [-0.4, -0.2) is 5.71 Å². The van der Waals surface area contributed by atoms with Crippen molar-refractivity contribution in [1.82, 2.24) is 0 Å². The molecule has 5 rings (SSSR count). The van der Waals surface area contributed by atoms with Gasteiger partial charge in [0.2, 0.25) is 0 Å². The molecule has 194 valence electrons. The number of rotatable bonds is 6. The van der Waals surface area contributed by atoms with Crippen LogP contribution in [0, 0.1) is 5.82 Å². The number of hydrazone groups is 1. The summed E-state index contributed by atoms with van der Waals surface area (Å²) in [5, 5.41) is 6.95. The molecule has 0 saturated carbocycles. The van der Waals surface area contributed by atoms with Crippen LogP contribution in [-0.2, 0) is 12.8 Å². The van der Waals surface area contributed by atoms with Crippen LogP contribution < -0.4 is 9.75 Å². The summed E-state index contributed by atoms with van der Waals surface area (Å²) in [6.45, 7) is 0.247. The van der Waals surface area contributed by atoms with E-state index < -0.39 is 23.6 Å². The lowest BCUT2D eigenvalue weighted by molar-refractivity contribution is -0.137. The predicted octanol–water partition coefficient (Wildman–Crippen LogP) is 9.09. The number of hydrogen-bond acceptors (Lipinski definition) is 3. The van der Waals surface area contributed by atoms with Crippen LogP contribution in [0.3, 0.4) is 0 Å². The van der Waals surface area contributed by atoms with Gasteiger partial charge in [-0.25, -0.2) is 4.39 Å². The SMILES string of the molecule is Fc1ccc(OCc2ccccc2)c(C2=NN(c3ccc(Cl)cc3Cl)C(c3cccc(C(F)(F)F)c3)C2)c1. The van der Waals surface area contributed by atoms with Crippen molar-refractivity contribution in [3.8, 4) is 5.75 Å². The van der Waals surface area contributed by atoms with Crippen LogP contribution in [0.2, 0.25) is 10.0 Å². The fourth-order valence-electron chi connectivity index (χ4n) is 4.33. The van der Waals surface area contributed by atoms with E-state index in [1.165, 1.54) is 30.3 Å². The molecule has 1 atom stereocenters. The number of benzene rings is 4. The molecule has 0 aromatic heterocycles. The van der Waals surface area contributed by atoms with Gasteiger partial charge in [0.1, 0.15) is 18.2 Å². The van der Waals surface area contributed by atoms with Gasteiger partial charge in [0.05, 0.1) is 28.0 Å². The molecule has 1 aliphatic heterocycles. The third kappa shape index (κ3) is 5.64. The number of ether oxygens (including phenoxy) is 1. The van der Waals surface area contributed by atoms with E-state index in [4.69, 9.17) is 33.0 Å². The molecule has 1 heterocycles.